The Morgan fingerprint density at radius 1 is 1.64 bits per heavy atom. The largest absolute Gasteiger partial charge is 0.351 e. The Morgan fingerprint density at radius 2 is 2.50 bits per heavy atom. The second kappa shape index (κ2) is 4.00. The van der Waals surface area contributed by atoms with E-state index in [9.17, 15) is 4.79 Å². The molecule has 0 radical (unpaired) electrons. The minimum atomic E-state index is 0.127. The van der Waals surface area contributed by atoms with E-state index in [4.69, 9.17) is 0 Å². The predicted octanol–water partition coefficient (Wildman–Crippen LogP) is 1.37. The third-order valence-corrected chi connectivity index (χ3v) is 3.72. The second-order valence-corrected chi connectivity index (χ2v) is 4.50. The van der Waals surface area contributed by atoms with Crippen molar-refractivity contribution < 1.29 is 4.79 Å². The zero-order chi connectivity index (χ0) is 9.97. The summed E-state index contributed by atoms with van der Waals surface area (Å²) in [7, 11) is 0. The SMILES string of the molecule is CC1NC(=O)CSC1c1cccnc1. The molecule has 1 aromatic rings. The summed E-state index contributed by atoms with van der Waals surface area (Å²) >= 11 is 1.68. The fourth-order valence-electron chi connectivity index (χ4n) is 1.61. The van der Waals surface area contributed by atoms with Gasteiger partial charge in [0.05, 0.1) is 11.0 Å². The number of carbonyl (C=O) groups is 1. The van der Waals surface area contributed by atoms with Crippen LogP contribution in [0.1, 0.15) is 17.7 Å². The summed E-state index contributed by atoms with van der Waals surface area (Å²) < 4.78 is 0. The Kier molecular flexibility index (Phi) is 2.72. The minimum Gasteiger partial charge on any atom is -0.351 e. The number of rotatable bonds is 1. The molecule has 0 saturated carbocycles. The number of carbonyl (C=O) groups excluding carboxylic acids is 1. The van der Waals surface area contributed by atoms with Gasteiger partial charge in [0.25, 0.3) is 0 Å². The number of thioether (sulfide) groups is 1. The second-order valence-electron chi connectivity index (χ2n) is 3.37. The van der Waals surface area contributed by atoms with Gasteiger partial charge in [0.1, 0.15) is 0 Å². The van der Waals surface area contributed by atoms with E-state index in [1.54, 1.807) is 18.0 Å². The van der Waals surface area contributed by atoms with E-state index in [2.05, 4.69) is 16.4 Å². The quantitative estimate of drug-likeness (QED) is 0.758. The lowest BCUT2D eigenvalue weighted by Crippen LogP contribution is -2.41. The van der Waals surface area contributed by atoms with E-state index >= 15 is 0 Å². The Bertz CT molecular complexity index is 328. The zero-order valence-corrected chi connectivity index (χ0v) is 8.75. The van der Waals surface area contributed by atoms with Crippen LogP contribution in [0.25, 0.3) is 0 Å². The third-order valence-electron chi connectivity index (χ3n) is 2.25. The van der Waals surface area contributed by atoms with E-state index in [1.807, 2.05) is 19.2 Å². The van der Waals surface area contributed by atoms with Crippen LogP contribution >= 0.6 is 11.8 Å². The summed E-state index contributed by atoms with van der Waals surface area (Å²) in [6.45, 7) is 2.03. The van der Waals surface area contributed by atoms with Crippen LogP contribution in [0, 0.1) is 0 Å². The molecule has 1 aliphatic rings. The first-order valence-corrected chi connectivity index (χ1v) is 5.63. The highest BCUT2D eigenvalue weighted by atomic mass is 32.2. The van der Waals surface area contributed by atoms with Crippen LogP contribution in [0.2, 0.25) is 0 Å². The highest BCUT2D eigenvalue weighted by Crippen LogP contribution is 2.33. The molecule has 2 rings (SSSR count). The molecule has 1 fully saturated rings. The van der Waals surface area contributed by atoms with Crippen molar-refractivity contribution in [2.24, 2.45) is 0 Å². The first-order chi connectivity index (χ1) is 6.77. The lowest BCUT2D eigenvalue weighted by molar-refractivity contribution is -0.119. The number of nitrogens with zero attached hydrogens (tertiary/aromatic N) is 1. The van der Waals surface area contributed by atoms with Gasteiger partial charge < -0.3 is 5.32 Å². The van der Waals surface area contributed by atoms with Gasteiger partial charge >= 0.3 is 0 Å². The normalized spacial score (nSPS) is 27.1. The molecule has 0 bridgehead atoms. The molecule has 2 heterocycles. The molecule has 1 amide bonds. The van der Waals surface area contributed by atoms with Gasteiger partial charge in [-0.2, -0.15) is 0 Å². The van der Waals surface area contributed by atoms with Crippen molar-refractivity contribution in [3.05, 3.63) is 30.1 Å². The molecule has 3 nitrogen and oxygen atoms in total. The number of aromatic nitrogens is 1. The molecule has 0 spiro atoms. The fraction of sp³-hybridized carbons (Fsp3) is 0.400. The molecular weight excluding hydrogens is 196 g/mol. The van der Waals surface area contributed by atoms with Crippen molar-refractivity contribution >= 4 is 17.7 Å². The lowest BCUT2D eigenvalue weighted by Gasteiger charge is -2.29. The van der Waals surface area contributed by atoms with Gasteiger partial charge in [0, 0.05) is 18.4 Å². The molecule has 4 heteroatoms. The van der Waals surface area contributed by atoms with Crippen LogP contribution in [0.4, 0.5) is 0 Å². The van der Waals surface area contributed by atoms with Gasteiger partial charge in [-0.1, -0.05) is 6.07 Å². The summed E-state index contributed by atoms with van der Waals surface area (Å²) in [6, 6.07) is 4.17. The monoisotopic (exact) mass is 208 g/mol. The highest BCUT2D eigenvalue weighted by Gasteiger charge is 2.26. The zero-order valence-electron chi connectivity index (χ0n) is 7.93. The Labute approximate surface area is 87.3 Å². The van der Waals surface area contributed by atoms with Gasteiger partial charge in [-0.3, -0.25) is 9.78 Å². The maximum Gasteiger partial charge on any atom is 0.230 e. The van der Waals surface area contributed by atoms with Crippen molar-refractivity contribution in [3.8, 4) is 0 Å². The molecule has 74 valence electrons. The van der Waals surface area contributed by atoms with Crippen LogP contribution in [-0.4, -0.2) is 22.7 Å². The van der Waals surface area contributed by atoms with E-state index in [1.165, 1.54) is 5.56 Å². The molecule has 1 aromatic heterocycles. The van der Waals surface area contributed by atoms with Gasteiger partial charge in [0.2, 0.25) is 5.91 Å². The maximum atomic E-state index is 11.1. The Balaban J connectivity index is 2.16. The van der Waals surface area contributed by atoms with E-state index < -0.39 is 0 Å². The molecule has 1 aliphatic heterocycles. The molecule has 0 aromatic carbocycles. The van der Waals surface area contributed by atoms with E-state index in [0.717, 1.165) is 0 Å². The van der Waals surface area contributed by atoms with Crippen molar-refractivity contribution in [2.45, 2.75) is 18.2 Å². The van der Waals surface area contributed by atoms with Crippen molar-refractivity contribution in [1.29, 1.82) is 0 Å². The topological polar surface area (TPSA) is 42.0 Å². The maximum absolute atomic E-state index is 11.1. The van der Waals surface area contributed by atoms with Gasteiger partial charge in [-0.25, -0.2) is 0 Å². The van der Waals surface area contributed by atoms with E-state index in [-0.39, 0.29) is 11.9 Å². The van der Waals surface area contributed by atoms with Crippen LogP contribution in [0.15, 0.2) is 24.5 Å². The Morgan fingerprint density at radius 3 is 3.14 bits per heavy atom. The van der Waals surface area contributed by atoms with Gasteiger partial charge in [0.15, 0.2) is 0 Å². The van der Waals surface area contributed by atoms with Crippen LogP contribution in [0.5, 0.6) is 0 Å². The van der Waals surface area contributed by atoms with Crippen LogP contribution < -0.4 is 5.32 Å². The average Bonchev–Trinajstić information content (AvgIpc) is 2.19. The summed E-state index contributed by atoms with van der Waals surface area (Å²) in [6.07, 6.45) is 3.63. The predicted molar refractivity (Wildman–Crippen MR) is 57.0 cm³/mol. The number of hydrogen-bond donors (Lipinski definition) is 1. The van der Waals surface area contributed by atoms with Crippen molar-refractivity contribution in [1.82, 2.24) is 10.3 Å². The first kappa shape index (κ1) is 9.52. The Hall–Kier alpha value is -1.03. The smallest absolute Gasteiger partial charge is 0.230 e. The lowest BCUT2D eigenvalue weighted by atomic mass is 10.1. The van der Waals surface area contributed by atoms with Gasteiger partial charge in [-0.05, 0) is 18.6 Å². The summed E-state index contributed by atoms with van der Waals surface area (Å²) in [5.74, 6) is 0.673. The molecule has 2 atom stereocenters. The van der Waals surface area contributed by atoms with Crippen molar-refractivity contribution in [3.63, 3.8) is 0 Å². The molecule has 0 aliphatic carbocycles. The standard InChI is InChI=1S/C10H12N2OS/c1-7-10(14-6-9(13)12-7)8-3-2-4-11-5-8/h2-5,7,10H,6H2,1H3,(H,12,13). The minimum absolute atomic E-state index is 0.127. The molecule has 1 N–H and O–H groups in total. The van der Waals surface area contributed by atoms with Crippen molar-refractivity contribution in [2.75, 3.05) is 5.75 Å². The third kappa shape index (κ3) is 1.90. The molecule has 14 heavy (non-hydrogen) atoms. The van der Waals surface area contributed by atoms with Crippen LogP contribution in [-0.2, 0) is 4.79 Å². The summed E-state index contributed by atoms with van der Waals surface area (Å²) in [5, 5.41) is 3.27. The number of nitrogens with one attached hydrogen (secondary N) is 1. The fourth-order valence-corrected chi connectivity index (χ4v) is 2.71. The molecule has 1 saturated heterocycles. The van der Waals surface area contributed by atoms with Gasteiger partial charge in [-0.15, -0.1) is 11.8 Å². The molecule has 2 unspecified atom stereocenters. The summed E-state index contributed by atoms with van der Waals surface area (Å²) in [5.41, 5.74) is 1.19. The summed E-state index contributed by atoms with van der Waals surface area (Å²) in [4.78, 5) is 15.2. The van der Waals surface area contributed by atoms with Crippen LogP contribution in [0.3, 0.4) is 0 Å². The number of hydrogen-bond acceptors (Lipinski definition) is 3. The highest BCUT2D eigenvalue weighted by molar-refractivity contribution is 8.00. The number of pyridine rings is 1. The van der Waals surface area contributed by atoms with E-state index in [0.29, 0.717) is 11.0 Å². The molecular formula is C10H12N2OS. The number of amides is 1. The average molecular weight is 208 g/mol. The first-order valence-electron chi connectivity index (χ1n) is 4.58.